The van der Waals surface area contributed by atoms with Crippen LogP contribution in [0.2, 0.25) is 0 Å². The molecule has 0 aliphatic heterocycles. The number of carboxylic acid groups (broad SMARTS) is 1. The van der Waals surface area contributed by atoms with Crippen molar-refractivity contribution in [3.05, 3.63) is 35.7 Å². The third-order valence-corrected chi connectivity index (χ3v) is 3.04. The Balaban J connectivity index is 1.96. The van der Waals surface area contributed by atoms with Gasteiger partial charge in [0.2, 0.25) is 0 Å². The minimum atomic E-state index is -1.15. The van der Waals surface area contributed by atoms with Gasteiger partial charge in [-0.05, 0) is 30.9 Å². The molecular weight excluding hydrogens is 277 g/mol. The van der Waals surface area contributed by atoms with Crippen LogP contribution in [0.4, 0.5) is 4.39 Å². The second kappa shape index (κ2) is 6.88. The van der Waals surface area contributed by atoms with E-state index in [1.54, 1.807) is 0 Å². The maximum Gasteiger partial charge on any atom is 0.328 e. The first-order valence-electron chi connectivity index (χ1n) is 6.65. The number of carbonyl (C=O) groups excluding carboxylic acids is 1. The van der Waals surface area contributed by atoms with Gasteiger partial charge in [0.15, 0.2) is 18.2 Å². The van der Waals surface area contributed by atoms with Gasteiger partial charge in [-0.3, -0.25) is 4.79 Å². The highest BCUT2D eigenvalue weighted by Crippen LogP contribution is 2.27. The third-order valence-electron chi connectivity index (χ3n) is 3.04. The van der Waals surface area contributed by atoms with Gasteiger partial charge in [-0.25, -0.2) is 9.18 Å². The minimum Gasteiger partial charge on any atom is -0.480 e. The van der Waals surface area contributed by atoms with Crippen LogP contribution in [-0.4, -0.2) is 30.1 Å². The number of carboxylic acids is 1. The summed E-state index contributed by atoms with van der Waals surface area (Å²) in [7, 11) is 0. The van der Waals surface area contributed by atoms with E-state index in [4.69, 9.17) is 9.84 Å². The Kier molecular flexibility index (Phi) is 4.92. The molecule has 0 aromatic heterocycles. The maximum absolute atomic E-state index is 13.7. The van der Waals surface area contributed by atoms with Crippen molar-refractivity contribution in [2.75, 3.05) is 13.2 Å². The molecule has 5 nitrogen and oxygen atoms in total. The lowest BCUT2D eigenvalue weighted by Gasteiger charge is -2.10. The number of aliphatic carboxylic acids is 1. The van der Waals surface area contributed by atoms with Gasteiger partial charge >= 0.3 is 5.97 Å². The summed E-state index contributed by atoms with van der Waals surface area (Å²) in [5, 5.41) is 11.3. The van der Waals surface area contributed by atoms with E-state index in [-0.39, 0.29) is 23.8 Å². The fourth-order valence-corrected chi connectivity index (χ4v) is 1.74. The molecule has 112 valence electrons. The first kappa shape index (κ1) is 15.0. The number of hydrogen-bond donors (Lipinski definition) is 2. The van der Waals surface area contributed by atoms with Crippen LogP contribution in [0.25, 0.3) is 6.08 Å². The largest absolute Gasteiger partial charge is 0.480 e. The maximum atomic E-state index is 13.7. The number of hydrogen-bond acceptors (Lipinski definition) is 3. The fraction of sp³-hybridized carbons (Fsp3) is 0.333. The molecule has 2 N–H and O–H groups in total. The summed E-state index contributed by atoms with van der Waals surface area (Å²) in [4.78, 5) is 22.1. The van der Waals surface area contributed by atoms with Gasteiger partial charge in [-0.2, -0.15) is 0 Å². The lowest BCUT2D eigenvalue weighted by Crippen LogP contribution is -2.30. The average Bonchev–Trinajstić information content (AvgIpc) is 3.26. The molecule has 2 rings (SSSR count). The van der Waals surface area contributed by atoms with Crippen LogP contribution in [0, 0.1) is 11.7 Å². The van der Waals surface area contributed by atoms with Crippen molar-refractivity contribution < 1.29 is 23.8 Å². The molecule has 1 aliphatic carbocycles. The molecular formula is C15H16FNO4. The standard InChI is InChI=1S/C15H16FNO4/c16-12-3-1-2-11(6-7-14(19)20)15(12)21-9-13(18)17-8-10-4-5-10/h1-3,6-7,10H,4-5,8-9H2,(H,17,18)(H,19,20)/b7-6+. The van der Waals surface area contributed by atoms with Gasteiger partial charge < -0.3 is 15.2 Å². The molecule has 0 spiro atoms. The Labute approximate surface area is 121 Å². The molecule has 1 aromatic rings. The second-order valence-electron chi connectivity index (χ2n) is 4.87. The summed E-state index contributed by atoms with van der Waals surface area (Å²) in [6.45, 7) is 0.312. The number of benzene rings is 1. The number of halogens is 1. The topological polar surface area (TPSA) is 75.6 Å². The predicted octanol–water partition coefficient (Wildman–Crippen LogP) is 1.83. The molecule has 1 saturated carbocycles. The number of para-hydroxylation sites is 1. The summed E-state index contributed by atoms with van der Waals surface area (Å²) in [6.07, 6.45) is 4.36. The average molecular weight is 293 g/mol. The Morgan fingerprint density at radius 3 is 2.86 bits per heavy atom. The van der Waals surface area contributed by atoms with E-state index >= 15 is 0 Å². The number of ether oxygens (including phenoxy) is 1. The molecule has 0 unspecified atom stereocenters. The number of amides is 1. The van der Waals surface area contributed by atoms with Gasteiger partial charge in [0.25, 0.3) is 5.91 Å². The fourth-order valence-electron chi connectivity index (χ4n) is 1.74. The van der Waals surface area contributed by atoms with Crippen LogP contribution in [-0.2, 0) is 9.59 Å². The van der Waals surface area contributed by atoms with Gasteiger partial charge in [-0.15, -0.1) is 0 Å². The molecule has 0 saturated heterocycles. The molecule has 1 amide bonds. The van der Waals surface area contributed by atoms with Gasteiger partial charge in [0.05, 0.1) is 0 Å². The first-order valence-corrected chi connectivity index (χ1v) is 6.65. The smallest absolute Gasteiger partial charge is 0.328 e. The van der Waals surface area contributed by atoms with Crippen molar-refractivity contribution in [2.24, 2.45) is 5.92 Å². The highest BCUT2D eigenvalue weighted by molar-refractivity contribution is 5.86. The SMILES string of the molecule is O=C(O)/C=C/c1cccc(F)c1OCC(=O)NCC1CC1. The van der Waals surface area contributed by atoms with Crippen molar-refractivity contribution in [1.29, 1.82) is 0 Å². The second-order valence-corrected chi connectivity index (χ2v) is 4.87. The van der Waals surface area contributed by atoms with Crippen molar-refractivity contribution in [3.8, 4) is 5.75 Å². The third kappa shape index (κ3) is 4.91. The summed E-state index contributed by atoms with van der Waals surface area (Å²) < 4.78 is 18.9. The molecule has 0 bridgehead atoms. The summed E-state index contributed by atoms with van der Waals surface area (Å²) >= 11 is 0. The Morgan fingerprint density at radius 2 is 2.19 bits per heavy atom. The van der Waals surface area contributed by atoms with E-state index in [2.05, 4.69) is 5.32 Å². The predicted molar refractivity (Wildman–Crippen MR) is 74.3 cm³/mol. The van der Waals surface area contributed by atoms with Gasteiger partial charge in [0.1, 0.15) is 0 Å². The normalized spacial score (nSPS) is 14.1. The van der Waals surface area contributed by atoms with Crippen molar-refractivity contribution in [3.63, 3.8) is 0 Å². The lowest BCUT2D eigenvalue weighted by molar-refractivity contribution is -0.131. The van der Waals surface area contributed by atoms with E-state index < -0.39 is 11.8 Å². The van der Waals surface area contributed by atoms with E-state index in [0.717, 1.165) is 18.9 Å². The minimum absolute atomic E-state index is 0.128. The molecule has 1 fully saturated rings. The van der Waals surface area contributed by atoms with E-state index in [9.17, 15) is 14.0 Å². The molecule has 21 heavy (non-hydrogen) atoms. The van der Waals surface area contributed by atoms with Crippen LogP contribution in [0.15, 0.2) is 24.3 Å². The van der Waals surface area contributed by atoms with Crippen LogP contribution in [0.3, 0.4) is 0 Å². The molecule has 1 aliphatic rings. The van der Waals surface area contributed by atoms with Crippen LogP contribution in [0.5, 0.6) is 5.75 Å². The van der Waals surface area contributed by atoms with Crippen LogP contribution >= 0.6 is 0 Å². The van der Waals surface area contributed by atoms with E-state index in [1.807, 2.05) is 0 Å². The van der Waals surface area contributed by atoms with Crippen LogP contribution < -0.4 is 10.1 Å². The van der Waals surface area contributed by atoms with Crippen molar-refractivity contribution in [2.45, 2.75) is 12.8 Å². The van der Waals surface area contributed by atoms with Gasteiger partial charge in [-0.1, -0.05) is 12.1 Å². The Hall–Kier alpha value is -2.37. The van der Waals surface area contributed by atoms with E-state index in [1.165, 1.54) is 24.3 Å². The van der Waals surface area contributed by atoms with E-state index in [0.29, 0.717) is 12.5 Å². The molecule has 0 radical (unpaired) electrons. The van der Waals surface area contributed by atoms with Crippen molar-refractivity contribution in [1.82, 2.24) is 5.32 Å². The first-order chi connectivity index (χ1) is 10.1. The Morgan fingerprint density at radius 1 is 1.43 bits per heavy atom. The lowest BCUT2D eigenvalue weighted by atomic mass is 10.2. The molecule has 1 aromatic carbocycles. The Bertz CT molecular complexity index is 567. The quantitative estimate of drug-likeness (QED) is 0.752. The van der Waals surface area contributed by atoms with Gasteiger partial charge in [0, 0.05) is 18.2 Å². The molecule has 0 atom stereocenters. The highest BCUT2D eigenvalue weighted by Gasteiger charge is 2.21. The molecule has 6 heteroatoms. The zero-order valence-electron chi connectivity index (χ0n) is 11.3. The zero-order valence-corrected chi connectivity index (χ0v) is 11.3. The zero-order chi connectivity index (χ0) is 15.2. The van der Waals surface area contributed by atoms with Crippen molar-refractivity contribution >= 4 is 18.0 Å². The number of carbonyl (C=O) groups is 2. The number of nitrogens with one attached hydrogen (secondary N) is 1. The summed E-state index contributed by atoms with van der Waals surface area (Å²) in [6, 6.07) is 4.15. The summed E-state index contributed by atoms with van der Waals surface area (Å²) in [5.74, 6) is -1.68. The van der Waals surface area contributed by atoms with Crippen LogP contribution in [0.1, 0.15) is 18.4 Å². The summed E-state index contributed by atoms with van der Waals surface area (Å²) in [5.41, 5.74) is 0.271. The monoisotopic (exact) mass is 293 g/mol. The number of rotatable bonds is 7. The highest BCUT2D eigenvalue weighted by atomic mass is 19.1. The molecule has 0 heterocycles.